The largest absolute Gasteiger partial charge is 0.328 e. The SMILES string of the molecule is CCn1nccc1S(=O)(=O)N1CCCC(C(C)N)C1.Cl. The van der Waals surface area contributed by atoms with Gasteiger partial charge in [-0.05, 0) is 38.7 Å². The van der Waals surface area contributed by atoms with E-state index >= 15 is 0 Å². The number of hydrogen-bond acceptors (Lipinski definition) is 4. The molecule has 0 radical (unpaired) electrons. The second-order valence-electron chi connectivity index (χ2n) is 5.11. The topological polar surface area (TPSA) is 81.2 Å². The van der Waals surface area contributed by atoms with Gasteiger partial charge in [-0.3, -0.25) is 4.68 Å². The number of halogens is 1. The first-order valence-corrected chi connectivity index (χ1v) is 8.18. The summed E-state index contributed by atoms with van der Waals surface area (Å²) >= 11 is 0. The molecule has 0 spiro atoms. The van der Waals surface area contributed by atoms with Crippen molar-refractivity contribution in [3.63, 3.8) is 0 Å². The second-order valence-corrected chi connectivity index (χ2v) is 6.99. The van der Waals surface area contributed by atoms with Gasteiger partial charge in [-0.15, -0.1) is 12.4 Å². The minimum atomic E-state index is -3.45. The molecule has 0 saturated carbocycles. The molecular formula is C12H23ClN4O2S. The third-order valence-electron chi connectivity index (χ3n) is 3.75. The van der Waals surface area contributed by atoms with E-state index in [1.807, 2.05) is 13.8 Å². The van der Waals surface area contributed by atoms with Gasteiger partial charge in [0.15, 0.2) is 5.03 Å². The molecule has 1 aliphatic rings. The first-order valence-electron chi connectivity index (χ1n) is 6.74. The fourth-order valence-corrected chi connectivity index (χ4v) is 4.23. The number of nitrogens with zero attached hydrogens (tertiary/aromatic N) is 3. The zero-order valence-corrected chi connectivity index (χ0v) is 13.5. The van der Waals surface area contributed by atoms with Crippen molar-refractivity contribution >= 4 is 22.4 Å². The van der Waals surface area contributed by atoms with E-state index in [1.165, 1.54) is 10.9 Å². The van der Waals surface area contributed by atoms with Gasteiger partial charge in [0.1, 0.15) is 0 Å². The van der Waals surface area contributed by atoms with Crippen LogP contribution >= 0.6 is 12.4 Å². The molecule has 2 rings (SSSR count). The lowest BCUT2D eigenvalue weighted by molar-refractivity contribution is 0.242. The predicted octanol–water partition coefficient (Wildman–Crippen LogP) is 1.07. The van der Waals surface area contributed by atoms with Crippen molar-refractivity contribution in [1.82, 2.24) is 14.1 Å². The standard InChI is InChI=1S/C12H22N4O2S.ClH/c1-3-16-12(6-7-14-16)19(17,18)15-8-4-5-11(9-15)10(2)13;/h6-7,10-11H,3-5,8-9,13H2,1-2H3;1H. The Balaban J connectivity index is 0.00000200. The highest BCUT2D eigenvalue weighted by Crippen LogP contribution is 2.24. The van der Waals surface area contributed by atoms with Crippen LogP contribution in [0.4, 0.5) is 0 Å². The van der Waals surface area contributed by atoms with E-state index < -0.39 is 10.0 Å². The molecule has 0 aliphatic carbocycles. The second kappa shape index (κ2) is 6.89. The van der Waals surface area contributed by atoms with Gasteiger partial charge in [-0.1, -0.05) is 0 Å². The average Bonchev–Trinajstić information content (AvgIpc) is 2.88. The Labute approximate surface area is 126 Å². The summed E-state index contributed by atoms with van der Waals surface area (Å²) in [5.41, 5.74) is 5.91. The van der Waals surface area contributed by atoms with Crippen molar-refractivity contribution in [2.45, 2.75) is 44.3 Å². The smallest absolute Gasteiger partial charge is 0.260 e. The van der Waals surface area contributed by atoms with E-state index in [2.05, 4.69) is 5.10 Å². The Morgan fingerprint density at radius 2 is 2.25 bits per heavy atom. The fraction of sp³-hybridized carbons (Fsp3) is 0.750. The summed E-state index contributed by atoms with van der Waals surface area (Å²) in [5.74, 6) is 0.238. The van der Waals surface area contributed by atoms with Crippen LogP contribution in [0.25, 0.3) is 0 Å². The Morgan fingerprint density at radius 1 is 1.55 bits per heavy atom. The Kier molecular flexibility index (Phi) is 6.00. The number of hydrogen-bond donors (Lipinski definition) is 1. The lowest BCUT2D eigenvalue weighted by atomic mass is 9.93. The van der Waals surface area contributed by atoms with Crippen LogP contribution in [0.3, 0.4) is 0 Å². The van der Waals surface area contributed by atoms with E-state index in [0.29, 0.717) is 19.6 Å². The molecule has 1 aliphatic heterocycles. The van der Waals surface area contributed by atoms with Crippen LogP contribution < -0.4 is 5.73 Å². The molecule has 0 bridgehead atoms. The van der Waals surface area contributed by atoms with E-state index in [1.54, 1.807) is 10.4 Å². The average molecular weight is 323 g/mol. The zero-order chi connectivity index (χ0) is 14.0. The van der Waals surface area contributed by atoms with Crippen molar-refractivity contribution in [3.05, 3.63) is 12.3 Å². The molecule has 1 aromatic rings. The lowest BCUT2D eigenvalue weighted by Crippen LogP contribution is -2.45. The van der Waals surface area contributed by atoms with Crippen molar-refractivity contribution < 1.29 is 8.42 Å². The van der Waals surface area contributed by atoms with Crippen LogP contribution in [-0.2, 0) is 16.6 Å². The molecule has 1 saturated heterocycles. The summed E-state index contributed by atoms with van der Waals surface area (Å²) in [6, 6.07) is 1.59. The summed E-state index contributed by atoms with van der Waals surface area (Å²) in [6.45, 7) is 5.45. The predicted molar refractivity (Wildman–Crippen MR) is 80.3 cm³/mol. The number of piperidine rings is 1. The van der Waals surface area contributed by atoms with Crippen molar-refractivity contribution in [3.8, 4) is 0 Å². The van der Waals surface area contributed by atoms with Gasteiger partial charge in [-0.2, -0.15) is 9.40 Å². The number of aromatic nitrogens is 2. The van der Waals surface area contributed by atoms with E-state index in [9.17, 15) is 8.42 Å². The van der Waals surface area contributed by atoms with Gasteiger partial charge in [0, 0.05) is 25.7 Å². The highest BCUT2D eigenvalue weighted by Gasteiger charge is 2.33. The molecule has 0 amide bonds. The maximum Gasteiger partial charge on any atom is 0.260 e. The Hall–Kier alpha value is -0.630. The quantitative estimate of drug-likeness (QED) is 0.899. The molecular weight excluding hydrogens is 300 g/mol. The molecule has 2 heterocycles. The van der Waals surface area contributed by atoms with Crippen LogP contribution in [0.15, 0.2) is 17.3 Å². The third-order valence-corrected chi connectivity index (χ3v) is 5.63. The summed E-state index contributed by atoms with van der Waals surface area (Å²) < 4.78 is 28.3. The molecule has 2 unspecified atom stereocenters. The normalized spacial score (nSPS) is 22.2. The number of rotatable bonds is 4. The monoisotopic (exact) mass is 322 g/mol. The molecule has 2 N–H and O–H groups in total. The summed E-state index contributed by atoms with van der Waals surface area (Å²) in [7, 11) is -3.45. The first kappa shape index (κ1) is 17.4. The summed E-state index contributed by atoms with van der Waals surface area (Å²) in [6.07, 6.45) is 3.39. The van der Waals surface area contributed by atoms with E-state index in [0.717, 1.165) is 12.8 Å². The number of nitrogens with two attached hydrogens (primary N) is 1. The molecule has 116 valence electrons. The Morgan fingerprint density at radius 3 is 2.85 bits per heavy atom. The molecule has 2 atom stereocenters. The van der Waals surface area contributed by atoms with Crippen molar-refractivity contribution in [1.29, 1.82) is 0 Å². The summed E-state index contributed by atoms with van der Waals surface area (Å²) in [4.78, 5) is 0. The van der Waals surface area contributed by atoms with Gasteiger partial charge in [0.2, 0.25) is 0 Å². The van der Waals surface area contributed by atoms with Crippen LogP contribution in [0.1, 0.15) is 26.7 Å². The highest BCUT2D eigenvalue weighted by atomic mass is 35.5. The zero-order valence-electron chi connectivity index (χ0n) is 11.9. The molecule has 0 aromatic carbocycles. The van der Waals surface area contributed by atoms with Crippen molar-refractivity contribution in [2.24, 2.45) is 11.7 Å². The van der Waals surface area contributed by atoms with Crippen LogP contribution in [0, 0.1) is 5.92 Å². The van der Waals surface area contributed by atoms with Crippen LogP contribution in [-0.4, -0.2) is 41.6 Å². The maximum atomic E-state index is 12.6. The van der Waals surface area contributed by atoms with Crippen LogP contribution in [0.2, 0.25) is 0 Å². The lowest BCUT2D eigenvalue weighted by Gasteiger charge is -2.33. The minimum Gasteiger partial charge on any atom is -0.328 e. The van der Waals surface area contributed by atoms with Crippen molar-refractivity contribution in [2.75, 3.05) is 13.1 Å². The first-order chi connectivity index (χ1) is 8.96. The molecule has 8 heteroatoms. The van der Waals surface area contributed by atoms with Gasteiger partial charge in [-0.25, -0.2) is 8.42 Å². The van der Waals surface area contributed by atoms with Gasteiger partial charge < -0.3 is 5.73 Å². The number of sulfonamides is 1. The summed E-state index contributed by atoms with van der Waals surface area (Å²) in [5, 5.41) is 4.31. The van der Waals surface area contributed by atoms with Gasteiger partial charge in [0.05, 0.1) is 6.20 Å². The van der Waals surface area contributed by atoms with Gasteiger partial charge >= 0.3 is 0 Å². The van der Waals surface area contributed by atoms with E-state index in [-0.39, 0.29) is 29.4 Å². The molecule has 1 fully saturated rings. The van der Waals surface area contributed by atoms with E-state index in [4.69, 9.17) is 5.73 Å². The molecule has 6 nitrogen and oxygen atoms in total. The van der Waals surface area contributed by atoms with Gasteiger partial charge in [0.25, 0.3) is 10.0 Å². The third kappa shape index (κ3) is 3.33. The molecule has 1 aromatic heterocycles. The molecule has 20 heavy (non-hydrogen) atoms. The Bertz CT molecular complexity index is 529. The highest BCUT2D eigenvalue weighted by molar-refractivity contribution is 7.89. The minimum absolute atomic E-state index is 0. The number of aryl methyl sites for hydroxylation is 1. The fourth-order valence-electron chi connectivity index (χ4n) is 2.53. The van der Waals surface area contributed by atoms with Crippen LogP contribution in [0.5, 0.6) is 0 Å². The maximum absolute atomic E-state index is 12.6.